The standard InChI is InChI=1S/C17H17NO3S/c1-2-18-17(20)12-21-14-8-5-13(6-9-14)7-10-15(19)16-4-3-11-22-16/h3-11H,2,12H2,1H3,(H,18,20)/b10-7+. The first kappa shape index (κ1) is 16.0. The smallest absolute Gasteiger partial charge is 0.257 e. The van der Waals surface area contributed by atoms with Crippen molar-refractivity contribution in [3.8, 4) is 5.75 Å². The average molecular weight is 315 g/mol. The molecule has 1 aromatic heterocycles. The molecule has 0 bridgehead atoms. The second-order valence-corrected chi connectivity index (χ2v) is 5.43. The highest BCUT2D eigenvalue weighted by atomic mass is 32.1. The molecule has 5 heteroatoms. The van der Waals surface area contributed by atoms with E-state index in [-0.39, 0.29) is 18.3 Å². The molecule has 0 saturated heterocycles. The number of likely N-dealkylation sites (N-methyl/N-ethyl adjacent to an activating group) is 1. The van der Waals surface area contributed by atoms with Crippen LogP contribution in [0.1, 0.15) is 22.2 Å². The first-order valence-corrected chi connectivity index (χ1v) is 7.82. The Kier molecular flexibility index (Phi) is 5.91. The first-order valence-electron chi connectivity index (χ1n) is 6.94. The normalized spacial score (nSPS) is 10.6. The summed E-state index contributed by atoms with van der Waals surface area (Å²) in [5, 5.41) is 4.54. The van der Waals surface area contributed by atoms with Gasteiger partial charge in [-0.05, 0) is 42.1 Å². The van der Waals surface area contributed by atoms with E-state index in [9.17, 15) is 9.59 Å². The van der Waals surface area contributed by atoms with Crippen LogP contribution in [0, 0.1) is 0 Å². The van der Waals surface area contributed by atoms with Crippen molar-refractivity contribution in [2.45, 2.75) is 6.92 Å². The molecule has 1 heterocycles. The van der Waals surface area contributed by atoms with Crippen molar-refractivity contribution in [3.05, 3.63) is 58.3 Å². The molecule has 0 spiro atoms. The number of hydrogen-bond acceptors (Lipinski definition) is 4. The zero-order valence-electron chi connectivity index (χ0n) is 12.2. The number of hydrogen-bond donors (Lipinski definition) is 1. The van der Waals surface area contributed by atoms with Crippen LogP contribution in [0.2, 0.25) is 0 Å². The molecular weight excluding hydrogens is 298 g/mol. The highest BCUT2D eigenvalue weighted by Gasteiger charge is 2.02. The number of ether oxygens (including phenoxy) is 1. The van der Waals surface area contributed by atoms with Crippen molar-refractivity contribution >= 4 is 29.1 Å². The van der Waals surface area contributed by atoms with Gasteiger partial charge in [0.15, 0.2) is 12.4 Å². The summed E-state index contributed by atoms with van der Waals surface area (Å²) in [6, 6.07) is 10.9. The average Bonchev–Trinajstić information content (AvgIpc) is 3.06. The van der Waals surface area contributed by atoms with Crippen LogP contribution in [-0.4, -0.2) is 24.8 Å². The lowest BCUT2D eigenvalue weighted by molar-refractivity contribution is -0.122. The minimum atomic E-state index is -0.145. The lowest BCUT2D eigenvalue weighted by Gasteiger charge is -2.06. The van der Waals surface area contributed by atoms with Crippen LogP contribution in [0.15, 0.2) is 47.9 Å². The number of allylic oxidation sites excluding steroid dienone is 1. The largest absolute Gasteiger partial charge is 0.484 e. The zero-order chi connectivity index (χ0) is 15.8. The van der Waals surface area contributed by atoms with E-state index in [1.807, 2.05) is 30.5 Å². The van der Waals surface area contributed by atoms with Crippen molar-refractivity contribution in [1.29, 1.82) is 0 Å². The van der Waals surface area contributed by atoms with Crippen LogP contribution in [0.25, 0.3) is 6.08 Å². The lowest BCUT2D eigenvalue weighted by Crippen LogP contribution is -2.28. The number of carbonyl (C=O) groups is 2. The maximum Gasteiger partial charge on any atom is 0.257 e. The van der Waals surface area contributed by atoms with Gasteiger partial charge in [0, 0.05) is 6.54 Å². The summed E-state index contributed by atoms with van der Waals surface area (Å²) in [6.07, 6.45) is 3.31. The van der Waals surface area contributed by atoms with E-state index in [0.29, 0.717) is 12.3 Å². The number of carbonyl (C=O) groups excluding carboxylic acids is 2. The van der Waals surface area contributed by atoms with Gasteiger partial charge in [0.25, 0.3) is 5.91 Å². The summed E-state index contributed by atoms with van der Waals surface area (Å²) in [7, 11) is 0. The van der Waals surface area contributed by atoms with E-state index in [1.54, 1.807) is 30.4 Å². The SMILES string of the molecule is CCNC(=O)COc1ccc(/C=C/C(=O)c2cccs2)cc1. The molecule has 0 fully saturated rings. The van der Waals surface area contributed by atoms with Crippen molar-refractivity contribution < 1.29 is 14.3 Å². The van der Waals surface area contributed by atoms with Crippen LogP contribution < -0.4 is 10.1 Å². The molecule has 2 rings (SSSR count). The van der Waals surface area contributed by atoms with E-state index in [2.05, 4.69) is 5.32 Å². The van der Waals surface area contributed by atoms with Gasteiger partial charge in [0.1, 0.15) is 5.75 Å². The monoisotopic (exact) mass is 315 g/mol. The Morgan fingerprint density at radius 1 is 1.23 bits per heavy atom. The van der Waals surface area contributed by atoms with E-state index in [0.717, 1.165) is 10.4 Å². The predicted molar refractivity (Wildman–Crippen MR) is 88.3 cm³/mol. The number of nitrogens with one attached hydrogen (secondary N) is 1. The summed E-state index contributed by atoms with van der Waals surface area (Å²) in [5.41, 5.74) is 0.898. The molecule has 1 amide bonds. The Bertz CT molecular complexity index is 645. The Hall–Kier alpha value is -2.40. The molecule has 0 aliphatic heterocycles. The van der Waals surface area contributed by atoms with E-state index < -0.39 is 0 Å². The molecule has 4 nitrogen and oxygen atoms in total. The third-order valence-electron chi connectivity index (χ3n) is 2.82. The quantitative estimate of drug-likeness (QED) is 0.631. The van der Waals surface area contributed by atoms with Crippen LogP contribution in [0.4, 0.5) is 0 Å². The summed E-state index contributed by atoms with van der Waals surface area (Å²) in [4.78, 5) is 23.8. The number of benzene rings is 1. The molecule has 0 atom stereocenters. The Labute approximate surface area is 133 Å². The third-order valence-corrected chi connectivity index (χ3v) is 3.70. The molecule has 0 aliphatic rings. The van der Waals surface area contributed by atoms with Crippen LogP contribution >= 0.6 is 11.3 Å². The highest BCUT2D eigenvalue weighted by Crippen LogP contribution is 2.14. The van der Waals surface area contributed by atoms with Gasteiger partial charge in [-0.1, -0.05) is 24.3 Å². The minimum absolute atomic E-state index is 0.000109. The van der Waals surface area contributed by atoms with Crippen molar-refractivity contribution in [3.63, 3.8) is 0 Å². The minimum Gasteiger partial charge on any atom is -0.484 e. The first-order chi connectivity index (χ1) is 10.7. The Morgan fingerprint density at radius 2 is 2.00 bits per heavy atom. The molecule has 22 heavy (non-hydrogen) atoms. The maximum atomic E-state index is 11.8. The summed E-state index contributed by atoms with van der Waals surface area (Å²) >= 11 is 1.42. The van der Waals surface area contributed by atoms with Gasteiger partial charge in [0.05, 0.1) is 4.88 Å². The highest BCUT2D eigenvalue weighted by molar-refractivity contribution is 7.12. The van der Waals surface area contributed by atoms with Gasteiger partial charge in [0.2, 0.25) is 0 Å². The van der Waals surface area contributed by atoms with Crippen LogP contribution in [0.3, 0.4) is 0 Å². The van der Waals surface area contributed by atoms with Gasteiger partial charge >= 0.3 is 0 Å². The molecule has 0 radical (unpaired) electrons. The lowest BCUT2D eigenvalue weighted by atomic mass is 10.2. The third kappa shape index (κ3) is 4.86. The summed E-state index contributed by atoms with van der Waals surface area (Å²) in [6.45, 7) is 2.45. The number of thiophene rings is 1. The van der Waals surface area contributed by atoms with Gasteiger partial charge in [-0.15, -0.1) is 11.3 Å². The van der Waals surface area contributed by atoms with Crippen LogP contribution in [0.5, 0.6) is 5.75 Å². The fraction of sp³-hybridized carbons (Fsp3) is 0.176. The van der Waals surface area contributed by atoms with Gasteiger partial charge in [-0.2, -0.15) is 0 Å². The topological polar surface area (TPSA) is 55.4 Å². The van der Waals surface area contributed by atoms with Crippen molar-refractivity contribution in [2.24, 2.45) is 0 Å². The molecule has 1 aromatic carbocycles. The van der Waals surface area contributed by atoms with Crippen LogP contribution in [-0.2, 0) is 4.79 Å². The van der Waals surface area contributed by atoms with Crippen molar-refractivity contribution in [1.82, 2.24) is 5.32 Å². The Balaban J connectivity index is 1.89. The second-order valence-electron chi connectivity index (χ2n) is 4.49. The molecule has 0 saturated carbocycles. The van der Waals surface area contributed by atoms with Gasteiger partial charge in [-0.3, -0.25) is 9.59 Å². The maximum absolute atomic E-state index is 11.8. The summed E-state index contributed by atoms with van der Waals surface area (Å²) < 4.78 is 5.36. The second kappa shape index (κ2) is 8.14. The molecule has 0 unspecified atom stereocenters. The zero-order valence-corrected chi connectivity index (χ0v) is 13.1. The molecule has 1 N–H and O–H groups in total. The fourth-order valence-corrected chi connectivity index (χ4v) is 2.39. The van der Waals surface area contributed by atoms with Gasteiger partial charge < -0.3 is 10.1 Å². The molecule has 0 aliphatic carbocycles. The van der Waals surface area contributed by atoms with E-state index in [4.69, 9.17) is 4.74 Å². The molecule has 114 valence electrons. The predicted octanol–water partition coefficient (Wildman–Crippen LogP) is 3.16. The van der Waals surface area contributed by atoms with Gasteiger partial charge in [-0.25, -0.2) is 0 Å². The number of rotatable bonds is 7. The molecule has 2 aromatic rings. The number of amides is 1. The number of ketones is 1. The van der Waals surface area contributed by atoms with E-state index in [1.165, 1.54) is 11.3 Å². The fourth-order valence-electron chi connectivity index (χ4n) is 1.75. The van der Waals surface area contributed by atoms with Crippen molar-refractivity contribution in [2.75, 3.05) is 13.2 Å². The van der Waals surface area contributed by atoms with E-state index >= 15 is 0 Å². The molecular formula is C17H17NO3S. The summed E-state index contributed by atoms with van der Waals surface area (Å²) in [5.74, 6) is 0.465. The Morgan fingerprint density at radius 3 is 2.64 bits per heavy atom.